The summed E-state index contributed by atoms with van der Waals surface area (Å²) in [7, 11) is -3.66. The molecule has 1 atom stereocenters. The quantitative estimate of drug-likeness (QED) is 0.908. The van der Waals surface area contributed by atoms with Gasteiger partial charge in [-0.05, 0) is 42.9 Å². The number of hydrogen-bond donors (Lipinski definition) is 1. The average Bonchev–Trinajstić information content (AvgIpc) is 2.63. The van der Waals surface area contributed by atoms with Crippen molar-refractivity contribution >= 4 is 33.2 Å². The van der Waals surface area contributed by atoms with Gasteiger partial charge < -0.3 is 5.11 Å². The van der Waals surface area contributed by atoms with Crippen molar-refractivity contribution in [2.24, 2.45) is 5.92 Å². The topological polar surface area (TPSA) is 57.6 Å². The summed E-state index contributed by atoms with van der Waals surface area (Å²) in [5, 5.41) is 9.62. The molecular formula is C14H19Cl2NO3S. The molecule has 2 rings (SSSR count). The molecule has 1 unspecified atom stereocenters. The van der Waals surface area contributed by atoms with E-state index in [1.54, 1.807) is 0 Å². The molecule has 4 nitrogen and oxygen atoms in total. The Morgan fingerprint density at radius 2 is 1.95 bits per heavy atom. The second kappa shape index (κ2) is 6.84. The van der Waals surface area contributed by atoms with Crippen molar-refractivity contribution in [3.63, 3.8) is 0 Å². The summed E-state index contributed by atoms with van der Waals surface area (Å²) in [6.45, 7) is 2.81. The van der Waals surface area contributed by atoms with Gasteiger partial charge in [-0.15, -0.1) is 0 Å². The zero-order valence-corrected chi connectivity index (χ0v) is 14.2. The van der Waals surface area contributed by atoms with Crippen molar-refractivity contribution in [1.82, 2.24) is 4.31 Å². The Kier molecular flexibility index (Phi) is 5.54. The van der Waals surface area contributed by atoms with Crippen LogP contribution in [0.4, 0.5) is 0 Å². The van der Waals surface area contributed by atoms with Crippen LogP contribution >= 0.6 is 23.2 Å². The van der Waals surface area contributed by atoms with E-state index in [1.165, 1.54) is 16.4 Å². The first-order valence-electron chi connectivity index (χ1n) is 6.95. The number of rotatable bonds is 3. The van der Waals surface area contributed by atoms with Crippen LogP contribution in [0.25, 0.3) is 0 Å². The molecule has 0 aromatic heterocycles. The highest BCUT2D eigenvalue weighted by atomic mass is 35.5. The molecule has 1 aliphatic rings. The monoisotopic (exact) mass is 351 g/mol. The summed E-state index contributed by atoms with van der Waals surface area (Å²) in [5.41, 5.74) is 0.364. The van der Waals surface area contributed by atoms with E-state index in [1.807, 2.05) is 0 Å². The van der Waals surface area contributed by atoms with E-state index < -0.39 is 10.0 Å². The van der Waals surface area contributed by atoms with Gasteiger partial charge in [0.15, 0.2) is 0 Å². The summed E-state index contributed by atoms with van der Waals surface area (Å²) >= 11 is 12.0. The van der Waals surface area contributed by atoms with Crippen LogP contribution in [-0.2, 0) is 16.6 Å². The van der Waals surface area contributed by atoms with Gasteiger partial charge in [0, 0.05) is 18.1 Å². The Labute approximate surface area is 135 Å². The van der Waals surface area contributed by atoms with Gasteiger partial charge in [0.2, 0.25) is 10.0 Å². The normalized spacial score (nSPS) is 21.2. The summed E-state index contributed by atoms with van der Waals surface area (Å²) in [6.07, 6.45) is 2.72. The lowest BCUT2D eigenvalue weighted by Gasteiger charge is -2.21. The van der Waals surface area contributed by atoms with E-state index in [9.17, 15) is 13.5 Å². The number of aliphatic hydroxyl groups excluding tert-OH is 1. The van der Waals surface area contributed by atoms with Gasteiger partial charge >= 0.3 is 0 Å². The molecule has 0 bridgehead atoms. The molecule has 7 heteroatoms. The third-order valence-electron chi connectivity index (χ3n) is 3.86. The van der Waals surface area contributed by atoms with E-state index in [0.29, 0.717) is 24.6 Å². The third-order valence-corrected chi connectivity index (χ3v) is 6.58. The summed E-state index contributed by atoms with van der Waals surface area (Å²) in [4.78, 5) is 0.0205. The smallest absolute Gasteiger partial charge is 0.244 e. The van der Waals surface area contributed by atoms with Crippen molar-refractivity contribution in [3.8, 4) is 0 Å². The Morgan fingerprint density at radius 3 is 2.62 bits per heavy atom. The van der Waals surface area contributed by atoms with Gasteiger partial charge in [-0.3, -0.25) is 0 Å². The molecule has 118 valence electrons. The van der Waals surface area contributed by atoms with Gasteiger partial charge in [0.1, 0.15) is 4.90 Å². The fourth-order valence-corrected chi connectivity index (χ4v) is 4.83. The standard InChI is InChI=1S/C14H19Cl2NO3S/c1-10-3-2-5-17(6-4-10)21(19,20)14-7-11(9-18)12(15)8-13(14)16/h7-8,10,18H,2-6,9H2,1H3. The van der Waals surface area contributed by atoms with E-state index >= 15 is 0 Å². The van der Waals surface area contributed by atoms with Crippen molar-refractivity contribution in [1.29, 1.82) is 0 Å². The van der Waals surface area contributed by atoms with Gasteiger partial charge in [-0.2, -0.15) is 4.31 Å². The zero-order chi connectivity index (χ0) is 15.6. The molecule has 0 spiro atoms. The minimum atomic E-state index is -3.66. The van der Waals surface area contributed by atoms with Gasteiger partial charge in [0.05, 0.1) is 11.6 Å². The van der Waals surface area contributed by atoms with Crippen molar-refractivity contribution in [2.45, 2.75) is 37.7 Å². The molecule has 1 N–H and O–H groups in total. The predicted octanol–water partition coefficient (Wildman–Crippen LogP) is 3.30. The number of aliphatic hydroxyl groups is 1. The Hall–Kier alpha value is -0.330. The fraction of sp³-hybridized carbons (Fsp3) is 0.571. The second-order valence-electron chi connectivity index (χ2n) is 5.47. The molecule has 21 heavy (non-hydrogen) atoms. The van der Waals surface area contributed by atoms with Crippen LogP contribution in [0.1, 0.15) is 31.7 Å². The summed E-state index contributed by atoms with van der Waals surface area (Å²) < 4.78 is 27.0. The number of benzene rings is 1. The highest BCUT2D eigenvalue weighted by Crippen LogP contribution is 2.32. The van der Waals surface area contributed by atoms with E-state index in [4.69, 9.17) is 23.2 Å². The number of hydrogen-bond acceptors (Lipinski definition) is 3. The minimum absolute atomic E-state index is 0.0205. The highest BCUT2D eigenvalue weighted by Gasteiger charge is 2.29. The first kappa shape index (κ1) is 17.0. The van der Waals surface area contributed by atoms with E-state index in [2.05, 4.69) is 6.92 Å². The van der Waals surface area contributed by atoms with Crippen molar-refractivity contribution in [3.05, 3.63) is 27.7 Å². The maximum Gasteiger partial charge on any atom is 0.244 e. The lowest BCUT2D eigenvalue weighted by atomic mass is 10.0. The molecule has 1 aliphatic heterocycles. The Balaban J connectivity index is 2.39. The Morgan fingerprint density at radius 1 is 1.24 bits per heavy atom. The van der Waals surface area contributed by atoms with Crippen LogP contribution in [0.15, 0.2) is 17.0 Å². The van der Waals surface area contributed by atoms with Crippen molar-refractivity contribution in [2.75, 3.05) is 13.1 Å². The van der Waals surface area contributed by atoms with Crippen LogP contribution < -0.4 is 0 Å². The molecule has 1 aromatic rings. The molecule has 1 fully saturated rings. The maximum absolute atomic E-state index is 12.8. The molecule has 1 heterocycles. The van der Waals surface area contributed by atoms with Crippen molar-refractivity contribution < 1.29 is 13.5 Å². The number of halogens is 2. The molecule has 0 aliphatic carbocycles. The fourth-order valence-electron chi connectivity index (χ4n) is 2.51. The maximum atomic E-state index is 12.8. The molecule has 0 radical (unpaired) electrons. The molecule has 0 amide bonds. The van der Waals surface area contributed by atoms with Crippen LogP contribution in [-0.4, -0.2) is 30.9 Å². The molecular weight excluding hydrogens is 333 g/mol. The van der Waals surface area contributed by atoms with Gasteiger partial charge in [-0.25, -0.2) is 8.42 Å². The van der Waals surface area contributed by atoms with Crippen LogP contribution in [0.3, 0.4) is 0 Å². The van der Waals surface area contributed by atoms with Crippen LogP contribution in [0.5, 0.6) is 0 Å². The zero-order valence-electron chi connectivity index (χ0n) is 11.8. The van der Waals surface area contributed by atoms with Crippen LogP contribution in [0.2, 0.25) is 10.0 Å². The highest BCUT2D eigenvalue weighted by molar-refractivity contribution is 7.89. The lowest BCUT2D eigenvalue weighted by Crippen LogP contribution is -2.32. The van der Waals surface area contributed by atoms with Gasteiger partial charge in [0.25, 0.3) is 0 Å². The molecule has 1 aromatic carbocycles. The van der Waals surface area contributed by atoms with E-state index in [0.717, 1.165) is 19.3 Å². The minimum Gasteiger partial charge on any atom is -0.392 e. The summed E-state index contributed by atoms with van der Waals surface area (Å²) in [6, 6.07) is 2.75. The Bertz CT molecular complexity index is 619. The average molecular weight is 352 g/mol. The largest absolute Gasteiger partial charge is 0.392 e. The SMILES string of the molecule is CC1CCCN(S(=O)(=O)c2cc(CO)c(Cl)cc2Cl)CC1. The van der Waals surface area contributed by atoms with Crippen LogP contribution in [0, 0.1) is 5.92 Å². The van der Waals surface area contributed by atoms with Gasteiger partial charge in [-0.1, -0.05) is 30.1 Å². The van der Waals surface area contributed by atoms with E-state index in [-0.39, 0.29) is 21.5 Å². The first-order valence-corrected chi connectivity index (χ1v) is 9.14. The number of sulfonamides is 1. The second-order valence-corrected chi connectivity index (χ2v) is 8.19. The number of nitrogens with zero attached hydrogens (tertiary/aromatic N) is 1. The lowest BCUT2D eigenvalue weighted by molar-refractivity contribution is 0.281. The predicted molar refractivity (Wildman–Crippen MR) is 84.2 cm³/mol. The third kappa shape index (κ3) is 3.71. The first-order chi connectivity index (χ1) is 9.86. The molecule has 0 saturated carbocycles. The summed E-state index contributed by atoms with van der Waals surface area (Å²) in [5.74, 6) is 0.527. The molecule has 1 saturated heterocycles.